The van der Waals surface area contributed by atoms with E-state index in [4.69, 9.17) is 10.5 Å². The van der Waals surface area contributed by atoms with Crippen LogP contribution in [0, 0.1) is 0 Å². The molecular weight excluding hydrogens is 434 g/mol. The first-order valence-electron chi connectivity index (χ1n) is 11.4. The van der Waals surface area contributed by atoms with Crippen molar-refractivity contribution in [1.29, 1.82) is 0 Å². The van der Waals surface area contributed by atoms with Crippen LogP contribution in [0.15, 0.2) is 36.5 Å². The van der Waals surface area contributed by atoms with Crippen LogP contribution in [0.25, 0.3) is 11.2 Å². The Balaban J connectivity index is 1.63. The number of imidazole rings is 1. The smallest absolute Gasteiger partial charge is 0.258 e. The maximum absolute atomic E-state index is 13.1. The van der Waals surface area contributed by atoms with Crippen molar-refractivity contribution in [2.75, 3.05) is 51.4 Å². The molecule has 10 heteroatoms. The number of nitrogens with one attached hydrogen (secondary N) is 1. The summed E-state index contributed by atoms with van der Waals surface area (Å²) in [5.41, 5.74) is 8.39. The number of anilines is 2. The highest BCUT2D eigenvalue weighted by Crippen LogP contribution is 2.22. The fraction of sp³-hybridized carbons (Fsp3) is 0.417. The lowest BCUT2D eigenvalue weighted by Gasteiger charge is -2.37. The van der Waals surface area contributed by atoms with Gasteiger partial charge >= 0.3 is 0 Å². The van der Waals surface area contributed by atoms with E-state index in [0.29, 0.717) is 72.6 Å². The van der Waals surface area contributed by atoms with Gasteiger partial charge in [0.25, 0.3) is 11.8 Å². The summed E-state index contributed by atoms with van der Waals surface area (Å²) in [7, 11) is 3.71. The number of carbonyl (C=O) groups is 2. The van der Waals surface area contributed by atoms with Gasteiger partial charge in [-0.1, -0.05) is 6.07 Å². The number of ether oxygens (including phenoxy) is 1. The molecular formula is C24H31N7O3. The summed E-state index contributed by atoms with van der Waals surface area (Å²) in [6.45, 7) is 5.38. The number of aromatic nitrogens is 3. The molecule has 0 aliphatic carbocycles. The van der Waals surface area contributed by atoms with Crippen molar-refractivity contribution in [2.45, 2.75) is 25.9 Å². The molecule has 3 heterocycles. The number of rotatable bonds is 7. The van der Waals surface area contributed by atoms with E-state index in [0.717, 1.165) is 6.54 Å². The largest absolute Gasteiger partial charge is 0.399 e. The lowest BCUT2D eigenvalue weighted by Crippen LogP contribution is -2.52. The molecule has 0 bridgehead atoms. The second-order valence-corrected chi connectivity index (χ2v) is 8.66. The fourth-order valence-corrected chi connectivity index (χ4v) is 4.07. The number of amides is 2. The topological polar surface area (TPSA) is 119 Å². The number of hydrogen-bond acceptors (Lipinski definition) is 7. The van der Waals surface area contributed by atoms with Gasteiger partial charge in [0, 0.05) is 63.4 Å². The molecule has 2 amide bonds. The number of hydrogen-bond donors (Lipinski definition) is 2. The van der Waals surface area contributed by atoms with Gasteiger partial charge in [-0.25, -0.2) is 9.97 Å². The van der Waals surface area contributed by atoms with E-state index in [-0.39, 0.29) is 11.8 Å². The van der Waals surface area contributed by atoms with Gasteiger partial charge < -0.3 is 20.3 Å². The molecule has 180 valence electrons. The average molecular weight is 466 g/mol. The van der Waals surface area contributed by atoms with Crippen molar-refractivity contribution in [3.05, 3.63) is 47.7 Å². The lowest BCUT2D eigenvalue weighted by atomic mass is 10.1. The van der Waals surface area contributed by atoms with Crippen LogP contribution in [-0.2, 0) is 11.3 Å². The quantitative estimate of drug-likeness (QED) is 0.405. The lowest BCUT2D eigenvalue weighted by molar-refractivity contribution is 0.0572. The Morgan fingerprint density at radius 3 is 2.79 bits per heavy atom. The molecule has 3 aromatic rings. The highest BCUT2D eigenvalue weighted by molar-refractivity contribution is 6.04. The number of nitrogen functional groups attached to an aromatic ring is 1. The van der Waals surface area contributed by atoms with Crippen molar-refractivity contribution >= 4 is 34.6 Å². The van der Waals surface area contributed by atoms with Gasteiger partial charge in [-0.05, 0) is 44.7 Å². The second-order valence-electron chi connectivity index (χ2n) is 8.66. The standard InChI is InChI=1S/C24H31N7O3/c1-16-15-30(10-9-29(16)2)23(33)18-13-20-21(26-14-18)31(8-5-11-34-3)24(27-20)28-22(32)17-6-4-7-19(25)12-17/h4,6-7,12-14,16H,5,8-11,15,25H2,1-3H3,(H,27,28,32)/t16-/m1/s1. The van der Waals surface area contributed by atoms with Crippen molar-refractivity contribution < 1.29 is 14.3 Å². The van der Waals surface area contributed by atoms with E-state index >= 15 is 0 Å². The summed E-state index contributed by atoms with van der Waals surface area (Å²) in [5.74, 6) is -0.0178. The van der Waals surface area contributed by atoms with Crippen LogP contribution in [0.2, 0.25) is 0 Å². The van der Waals surface area contributed by atoms with Crippen LogP contribution >= 0.6 is 0 Å². The molecule has 0 saturated carbocycles. The van der Waals surface area contributed by atoms with Gasteiger partial charge in [0.2, 0.25) is 5.95 Å². The Labute approximate surface area is 198 Å². The van der Waals surface area contributed by atoms with E-state index in [1.807, 2.05) is 9.47 Å². The molecule has 1 atom stereocenters. The third-order valence-electron chi connectivity index (χ3n) is 6.18. The van der Waals surface area contributed by atoms with Crippen molar-refractivity contribution in [3.63, 3.8) is 0 Å². The van der Waals surface area contributed by atoms with Crippen LogP contribution in [0.5, 0.6) is 0 Å². The first-order valence-corrected chi connectivity index (χ1v) is 11.4. The molecule has 10 nitrogen and oxygen atoms in total. The minimum absolute atomic E-state index is 0.0615. The first kappa shape index (κ1) is 23.7. The summed E-state index contributed by atoms with van der Waals surface area (Å²) in [4.78, 5) is 39.2. The molecule has 1 fully saturated rings. The molecule has 0 radical (unpaired) electrons. The Morgan fingerprint density at radius 2 is 2.06 bits per heavy atom. The van der Waals surface area contributed by atoms with E-state index in [2.05, 4.69) is 34.2 Å². The maximum Gasteiger partial charge on any atom is 0.258 e. The molecule has 1 aromatic carbocycles. The van der Waals surface area contributed by atoms with Gasteiger partial charge in [-0.15, -0.1) is 0 Å². The summed E-state index contributed by atoms with van der Waals surface area (Å²) in [5, 5.41) is 2.87. The van der Waals surface area contributed by atoms with Crippen LogP contribution in [0.3, 0.4) is 0 Å². The predicted octanol–water partition coefficient (Wildman–Crippen LogP) is 2.08. The molecule has 0 unspecified atom stereocenters. The number of methoxy groups -OCH3 is 1. The highest BCUT2D eigenvalue weighted by atomic mass is 16.5. The third kappa shape index (κ3) is 5.02. The van der Waals surface area contributed by atoms with Gasteiger partial charge in [0.1, 0.15) is 5.52 Å². The molecule has 1 saturated heterocycles. The molecule has 3 N–H and O–H groups in total. The van der Waals surface area contributed by atoms with E-state index in [1.165, 1.54) is 0 Å². The fourth-order valence-electron chi connectivity index (χ4n) is 4.07. The number of pyridine rings is 1. The van der Waals surface area contributed by atoms with Crippen molar-refractivity contribution in [3.8, 4) is 0 Å². The van der Waals surface area contributed by atoms with Crippen molar-refractivity contribution in [2.24, 2.45) is 0 Å². The van der Waals surface area contributed by atoms with Gasteiger partial charge in [-0.2, -0.15) is 0 Å². The number of fused-ring (bicyclic) bond motifs is 1. The number of piperazine rings is 1. The molecule has 2 aromatic heterocycles. The van der Waals surface area contributed by atoms with E-state index < -0.39 is 0 Å². The zero-order chi connectivity index (χ0) is 24.2. The van der Waals surface area contributed by atoms with Crippen LogP contribution in [-0.4, -0.2) is 82.6 Å². The summed E-state index contributed by atoms with van der Waals surface area (Å²) in [6, 6.07) is 8.79. The van der Waals surface area contributed by atoms with Gasteiger partial charge in [0.15, 0.2) is 5.65 Å². The Kier molecular flexibility index (Phi) is 7.09. The van der Waals surface area contributed by atoms with Crippen LogP contribution in [0.4, 0.5) is 11.6 Å². The SMILES string of the molecule is COCCCn1c(NC(=O)c2cccc(N)c2)nc2cc(C(=O)N3CCN(C)[C@H](C)C3)cnc21. The van der Waals surface area contributed by atoms with E-state index in [9.17, 15) is 9.59 Å². The Morgan fingerprint density at radius 1 is 1.24 bits per heavy atom. The van der Waals surface area contributed by atoms with Crippen LogP contribution in [0.1, 0.15) is 34.1 Å². The minimum atomic E-state index is -0.321. The molecule has 34 heavy (non-hydrogen) atoms. The van der Waals surface area contributed by atoms with Gasteiger partial charge in [-0.3, -0.25) is 19.5 Å². The van der Waals surface area contributed by atoms with Gasteiger partial charge in [0.05, 0.1) is 5.56 Å². The summed E-state index contributed by atoms with van der Waals surface area (Å²) in [6.07, 6.45) is 2.30. The minimum Gasteiger partial charge on any atom is -0.399 e. The normalized spacial score (nSPS) is 16.7. The predicted molar refractivity (Wildman–Crippen MR) is 131 cm³/mol. The number of carbonyl (C=O) groups excluding carboxylic acids is 2. The molecule has 1 aliphatic heterocycles. The maximum atomic E-state index is 13.1. The number of nitrogens with zero attached hydrogens (tertiary/aromatic N) is 5. The first-order chi connectivity index (χ1) is 16.4. The Hall–Kier alpha value is -3.50. The number of nitrogens with two attached hydrogens (primary N) is 1. The zero-order valence-corrected chi connectivity index (χ0v) is 19.8. The molecule has 1 aliphatic rings. The summed E-state index contributed by atoms with van der Waals surface area (Å²) >= 11 is 0. The van der Waals surface area contributed by atoms with Crippen molar-refractivity contribution in [1.82, 2.24) is 24.3 Å². The molecule has 0 spiro atoms. The average Bonchev–Trinajstić information content (AvgIpc) is 3.16. The Bertz CT molecular complexity index is 1190. The van der Waals surface area contributed by atoms with Crippen LogP contribution < -0.4 is 11.1 Å². The monoisotopic (exact) mass is 465 g/mol. The number of benzene rings is 1. The third-order valence-corrected chi connectivity index (χ3v) is 6.18. The summed E-state index contributed by atoms with van der Waals surface area (Å²) < 4.78 is 7.02. The number of aryl methyl sites for hydroxylation is 1. The van der Waals surface area contributed by atoms with E-state index in [1.54, 1.807) is 43.6 Å². The molecule has 4 rings (SSSR count). The second kappa shape index (κ2) is 10.2. The zero-order valence-electron chi connectivity index (χ0n) is 19.8. The number of likely N-dealkylation sites (N-methyl/N-ethyl adjacent to an activating group) is 1. The highest BCUT2D eigenvalue weighted by Gasteiger charge is 2.26.